The fraction of sp³-hybridized carbons (Fsp3) is 0.364. The van der Waals surface area contributed by atoms with Crippen molar-refractivity contribution in [3.63, 3.8) is 0 Å². The summed E-state index contributed by atoms with van der Waals surface area (Å²) in [7, 11) is -3.56. The standard InChI is InChI=1S/C11H14ClNO4S/c1-7(2)6-18(16,17)13-10-4-3-8(12)5-9(10)11(14)15/h3-5,7,13H,6H2,1-2H3,(H,14,15). The van der Waals surface area contributed by atoms with Crippen LogP contribution in [0.1, 0.15) is 24.2 Å². The Morgan fingerprint density at radius 3 is 2.56 bits per heavy atom. The molecule has 5 nitrogen and oxygen atoms in total. The highest BCUT2D eigenvalue weighted by Crippen LogP contribution is 2.22. The molecule has 0 unspecified atom stereocenters. The fourth-order valence-corrected chi connectivity index (χ4v) is 3.08. The average molecular weight is 292 g/mol. The van der Waals surface area contributed by atoms with Crippen LogP contribution in [0.4, 0.5) is 5.69 Å². The highest BCUT2D eigenvalue weighted by Gasteiger charge is 2.17. The molecule has 7 heteroatoms. The fourth-order valence-electron chi connectivity index (χ4n) is 1.43. The topological polar surface area (TPSA) is 83.5 Å². The molecule has 1 rings (SSSR count). The molecule has 18 heavy (non-hydrogen) atoms. The van der Waals surface area contributed by atoms with Gasteiger partial charge in [0.15, 0.2) is 0 Å². The van der Waals surface area contributed by atoms with Crippen molar-refractivity contribution >= 4 is 33.3 Å². The third-order valence-electron chi connectivity index (χ3n) is 2.03. The zero-order valence-corrected chi connectivity index (χ0v) is 11.5. The SMILES string of the molecule is CC(C)CS(=O)(=O)Nc1ccc(Cl)cc1C(=O)O. The monoisotopic (exact) mass is 291 g/mol. The first-order chi connectivity index (χ1) is 8.21. The lowest BCUT2D eigenvalue weighted by Crippen LogP contribution is -2.21. The maximum atomic E-state index is 11.7. The molecule has 0 fully saturated rings. The molecule has 100 valence electrons. The summed E-state index contributed by atoms with van der Waals surface area (Å²) in [5.41, 5.74) is -0.151. The molecule has 1 aromatic carbocycles. The van der Waals surface area contributed by atoms with E-state index in [1.807, 2.05) is 0 Å². The largest absolute Gasteiger partial charge is 0.478 e. The number of aromatic carboxylic acids is 1. The molecule has 0 saturated carbocycles. The van der Waals surface area contributed by atoms with Gasteiger partial charge >= 0.3 is 5.97 Å². The van der Waals surface area contributed by atoms with Crippen LogP contribution in [0.5, 0.6) is 0 Å². The molecule has 0 aliphatic rings. The second kappa shape index (κ2) is 5.58. The number of nitrogens with one attached hydrogen (secondary N) is 1. The molecule has 0 aliphatic carbocycles. The van der Waals surface area contributed by atoms with Gasteiger partial charge < -0.3 is 5.11 Å². The number of rotatable bonds is 5. The van der Waals surface area contributed by atoms with Gasteiger partial charge in [0.1, 0.15) is 0 Å². The van der Waals surface area contributed by atoms with Crippen molar-refractivity contribution in [2.75, 3.05) is 10.5 Å². The van der Waals surface area contributed by atoms with E-state index < -0.39 is 16.0 Å². The molecule has 0 atom stereocenters. The molecular formula is C11H14ClNO4S. The van der Waals surface area contributed by atoms with Crippen molar-refractivity contribution in [3.8, 4) is 0 Å². The number of sulfonamides is 1. The number of carboxylic acid groups (broad SMARTS) is 1. The van der Waals surface area contributed by atoms with Crippen LogP contribution in [0.2, 0.25) is 5.02 Å². The average Bonchev–Trinajstić information content (AvgIpc) is 2.18. The summed E-state index contributed by atoms with van der Waals surface area (Å²) >= 11 is 5.68. The first-order valence-electron chi connectivity index (χ1n) is 5.24. The van der Waals surface area contributed by atoms with Gasteiger partial charge in [-0.05, 0) is 24.1 Å². The number of hydrogen-bond acceptors (Lipinski definition) is 3. The predicted octanol–water partition coefficient (Wildman–Crippen LogP) is 2.44. The highest BCUT2D eigenvalue weighted by atomic mass is 35.5. The Morgan fingerprint density at radius 2 is 2.06 bits per heavy atom. The van der Waals surface area contributed by atoms with Gasteiger partial charge in [-0.3, -0.25) is 4.72 Å². The number of carbonyl (C=O) groups is 1. The van der Waals surface area contributed by atoms with Gasteiger partial charge in [0.2, 0.25) is 10.0 Å². The van der Waals surface area contributed by atoms with Crippen LogP contribution in [-0.2, 0) is 10.0 Å². The molecule has 0 bridgehead atoms. The van der Waals surface area contributed by atoms with Gasteiger partial charge in [-0.25, -0.2) is 13.2 Å². The van der Waals surface area contributed by atoms with E-state index in [1.54, 1.807) is 13.8 Å². The summed E-state index contributed by atoms with van der Waals surface area (Å²) in [4.78, 5) is 11.0. The van der Waals surface area contributed by atoms with Crippen molar-refractivity contribution in [3.05, 3.63) is 28.8 Å². The lowest BCUT2D eigenvalue weighted by Gasteiger charge is -2.12. The van der Waals surface area contributed by atoms with Crippen LogP contribution in [-0.4, -0.2) is 25.2 Å². The summed E-state index contributed by atoms with van der Waals surface area (Å²) in [6, 6.07) is 3.97. The Bertz CT molecular complexity index is 554. The molecule has 1 aromatic rings. The van der Waals surface area contributed by atoms with E-state index in [1.165, 1.54) is 18.2 Å². The Morgan fingerprint density at radius 1 is 1.44 bits per heavy atom. The van der Waals surface area contributed by atoms with Crippen LogP contribution in [0.15, 0.2) is 18.2 Å². The molecule has 0 spiro atoms. The van der Waals surface area contributed by atoms with Crippen LogP contribution in [0.25, 0.3) is 0 Å². The first kappa shape index (κ1) is 14.8. The quantitative estimate of drug-likeness (QED) is 0.873. The van der Waals surface area contributed by atoms with Crippen LogP contribution < -0.4 is 4.72 Å². The predicted molar refractivity (Wildman–Crippen MR) is 70.7 cm³/mol. The van der Waals surface area contributed by atoms with Crippen molar-refractivity contribution in [1.29, 1.82) is 0 Å². The van der Waals surface area contributed by atoms with E-state index >= 15 is 0 Å². The number of carboxylic acids is 1. The van der Waals surface area contributed by atoms with Gasteiger partial charge in [-0.15, -0.1) is 0 Å². The van der Waals surface area contributed by atoms with Gasteiger partial charge in [0.05, 0.1) is 17.0 Å². The summed E-state index contributed by atoms with van der Waals surface area (Å²) in [6.07, 6.45) is 0. The molecule has 2 N–H and O–H groups in total. The summed E-state index contributed by atoms with van der Waals surface area (Å²) < 4.78 is 25.7. The molecule has 0 heterocycles. The smallest absolute Gasteiger partial charge is 0.337 e. The molecule has 0 aliphatic heterocycles. The lowest BCUT2D eigenvalue weighted by molar-refractivity contribution is 0.0698. The zero-order valence-electron chi connectivity index (χ0n) is 9.97. The number of hydrogen-bond donors (Lipinski definition) is 2. The second-order valence-electron chi connectivity index (χ2n) is 4.27. The molecule has 0 amide bonds. The van der Waals surface area contributed by atoms with Gasteiger partial charge in [0, 0.05) is 5.02 Å². The van der Waals surface area contributed by atoms with Gasteiger partial charge in [0.25, 0.3) is 0 Å². The Hall–Kier alpha value is -1.27. The van der Waals surface area contributed by atoms with E-state index in [2.05, 4.69) is 4.72 Å². The zero-order chi connectivity index (χ0) is 13.9. The van der Waals surface area contributed by atoms with Crippen molar-refractivity contribution < 1.29 is 18.3 Å². The van der Waals surface area contributed by atoms with Gasteiger partial charge in [-0.1, -0.05) is 25.4 Å². The Kier molecular flexibility index (Phi) is 4.59. The molecular weight excluding hydrogens is 278 g/mol. The minimum absolute atomic E-state index is 0.0209. The number of benzene rings is 1. The van der Waals surface area contributed by atoms with E-state index in [0.717, 1.165) is 0 Å². The minimum atomic E-state index is -3.56. The van der Waals surface area contributed by atoms with Crippen molar-refractivity contribution in [2.24, 2.45) is 5.92 Å². The lowest BCUT2D eigenvalue weighted by atomic mass is 10.2. The number of anilines is 1. The maximum Gasteiger partial charge on any atom is 0.337 e. The second-order valence-corrected chi connectivity index (χ2v) is 6.48. The normalized spacial score (nSPS) is 11.6. The Balaban J connectivity index is 3.08. The van der Waals surface area contributed by atoms with Gasteiger partial charge in [-0.2, -0.15) is 0 Å². The van der Waals surface area contributed by atoms with Crippen LogP contribution in [0, 0.1) is 5.92 Å². The van der Waals surface area contributed by atoms with E-state index in [4.69, 9.17) is 16.7 Å². The van der Waals surface area contributed by atoms with E-state index in [0.29, 0.717) is 0 Å². The minimum Gasteiger partial charge on any atom is -0.478 e. The first-order valence-corrected chi connectivity index (χ1v) is 7.27. The summed E-state index contributed by atoms with van der Waals surface area (Å²) in [5.74, 6) is -1.36. The Labute approximate surface area is 111 Å². The van der Waals surface area contributed by atoms with Crippen molar-refractivity contribution in [2.45, 2.75) is 13.8 Å². The van der Waals surface area contributed by atoms with Crippen LogP contribution >= 0.6 is 11.6 Å². The molecule has 0 aromatic heterocycles. The maximum absolute atomic E-state index is 11.7. The van der Waals surface area contributed by atoms with Crippen LogP contribution in [0.3, 0.4) is 0 Å². The van der Waals surface area contributed by atoms with E-state index in [9.17, 15) is 13.2 Å². The molecule has 0 saturated heterocycles. The highest BCUT2D eigenvalue weighted by molar-refractivity contribution is 7.92. The third-order valence-corrected chi connectivity index (χ3v) is 3.90. The third kappa shape index (κ3) is 4.19. The molecule has 0 radical (unpaired) electrons. The number of halogens is 1. The summed E-state index contributed by atoms with van der Waals surface area (Å²) in [5, 5.41) is 9.21. The van der Waals surface area contributed by atoms with E-state index in [-0.39, 0.29) is 27.9 Å². The summed E-state index contributed by atoms with van der Waals surface area (Å²) in [6.45, 7) is 3.53. The van der Waals surface area contributed by atoms with Crippen molar-refractivity contribution in [1.82, 2.24) is 0 Å².